The third-order valence-corrected chi connectivity index (χ3v) is 4.70. The third-order valence-electron chi connectivity index (χ3n) is 4.45. The van der Waals surface area contributed by atoms with E-state index in [1.165, 1.54) is 4.90 Å². The van der Waals surface area contributed by atoms with Gasteiger partial charge in [0.1, 0.15) is 6.61 Å². The lowest BCUT2D eigenvalue weighted by Gasteiger charge is -2.39. The summed E-state index contributed by atoms with van der Waals surface area (Å²) in [7, 11) is 0. The average molecular weight is 429 g/mol. The normalized spacial score (nSPS) is 19.5. The Balaban J connectivity index is 0.00000363. The second-order valence-corrected chi connectivity index (χ2v) is 6.72. The Bertz CT molecular complexity index is 880. The number of ether oxygens (including phenoxy) is 1. The maximum atomic E-state index is 10.7. The van der Waals surface area contributed by atoms with Crippen LogP contribution in [0.3, 0.4) is 0 Å². The van der Waals surface area contributed by atoms with E-state index in [0.29, 0.717) is 18.1 Å². The summed E-state index contributed by atoms with van der Waals surface area (Å²) in [4.78, 5) is 14.3. The van der Waals surface area contributed by atoms with E-state index in [9.17, 15) is 4.79 Å². The molecule has 1 N–H and O–H groups in total. The van der Waals surface area contributed by atoms with E-state index in [1.54, 1.807) is 0 Å². The molecule has 1 fully saturated rings. The molecule has 0 saturated carbocycles. The van der Waals surface area contributed by atoms with Crippen molar-refractivity contribution in [2.45, 2.75) is 6.04 Å². The van der Waals surface area contributed by atoms with Gasteiger partial charge in [0.05, 0.1) is 15.3 Å². The summed E-state index contributed by atoms with van der Waals surface area (Å²) in [6.45, 7) is -4.62. The van der Waals surface area contributed by atoms with Crippen molar-refractivity contribution in [2.75, 3.05) is 45.8 Å². The zero-order chi connectivity index (χ0) is 22.6. The molecule has 3 rings (SSSR count). The van der Waals surface area contributed by atoms with Crippen LogP contribution in [0.5, 0.6) is 0 Å². The van der Waals surface area contributed by atoms with Gasteiger partial charge < -0.3 is 9.84 Å². The number of hydrogen-bond donors (Lipinski definition) is 1. The second-order valence-electron chi connectivity index (χ2n) is 6.28. The molecule has 1 unspecified atom stereocenters. The molecule has 7 heteroatoms. The van der Waals surface area contributed by atoms with Crippen LogP contribution in [0, 0.1) is 0 Å². The number of benzene rings is 2. The molecule has 1 saturated heterocycles. The Morgan fingerprint density at radius 1 is 1.07 bits per heavy atom. The van der Waals surface area contributed by atoms with Crippen LogP contribution in [0.4, 0.5) is 0 Å². The lowest BCUT2D eigenvalue weighted by atomic mass is 9.96. The summed E-state index contributed by atoms with van der Waals surface area (Å²) in [6, 6.07) is 17.6. The molecule has 28 heavy (non-hydrogen) atoms. The Hall–Kier alpha value is -1.63. The highest BCUT2D eigenvalue weighted by Gasteiger charge is 2.26. The first-order valence-corrected chi connectivity index (χ1v) is 9.15. The van der Waals surface area contributed by atoms with E-state index >= 15 is 0 Å². The summed E-state index contributed by atoms with van der Waals surface area (Å²) in [5, 5.41) is 9.39. The molecule has 1 heterocycles. The summed E-state index contributed by atoms with van der Waals surface area (Å²) >= 11 is 6.06. The number of carboxylic acids is 1. The molecule has 1 atom stereocenters. The summed E-state index contributed by atoms with van der Waals surface area (Å²) in [5.41, 5.74) is 2.16. The second kappa shape index (κ2) is 11.4. The van der Waals surface area contributed by atoms with Gasteiger partial charge in [-0.2, -0.15) is 0 Å². The first kappa shape index (κ1) is 17.2. The van der Waals surface area contributed by atoms with Gasteiger partial charge in [-0.1, -0.05) is 54.1 Å². The van der Waals surface area contributed by atoms with Gasteiger partial charge in [-0.15, -0.1) is 12.4 Å². The predicted octanol–water partition coefficient (Wildman–Crippen LogP) is 3.57. The number of aliphatic carboxylic acids is 1. The van der Waals surface area contributed by atoms with E-state index < -0.39 is 25.6 Å². The predicted molar refractivity (Wildman–Crippen MR) is 113 cm³/mol. The molecule has 0 bridgehead atoms. The number of piperazine rings is 1. The van der Waals surface area contributed by atoms with Crippen LogP contribution in [0.15, 0.2) is 54.6 Å². The molecular weight excluding hydrogens is 399 g/mol. The standard InChI is InChI=1S/C21H25ClN2O3.ClH/c22-19-8-6-18(7-9-19)21(17-4-2-1-3-5-17)24-12-10-23(11-13-24)14-15-27-16-20(25)26;/h1-9,21H,10-16H2,(H,25,26);1H/i14D2,15D2;. The van der Waals surface area contributed by atoms with Gasteiger partial charge in [-0.25, -0.2) is 4.79 Å². The van der Waals surface area contributed by atoms with Crippen molar-refractivity contribution < 1.29 is 20.1 Å². The molecule has 0 aliphatic carbocycles. The van der Waals surface area contributed by atoms with Gasteiger partial charge in [-0.05, 0) is 23.3 Å². The minimum Gasteiger partial charge on any atom is -0.480 e. The van der Waals surface area contributed by atoms with Gasteiger partial charge >= 0.3 is 5.97 Å². The van der Waals surface area contributed by atoms with E-state index in [4.69, 9.17) is 26.9 Å². The molecule has 0 radical (unpaired) electrons. The zero-order valence-electron chi connectivity index (χ0n) is 19.3. The van der Waals surface area contributed by atoms with E-state index in [2.05, 4.69) is 4.90 Å². The smallest absolute Gasteiger partial charge is 0.329 e. The summed E-state index contributed by atoms with van der Waals surface area (Å²) < 4.78 is 37.1. The van der Waals surface area contributed by atoms with Crippen LogP contribution >= 0.6 is 24.0 Å². The van der Waals surface area contributed by atoms with Gasteiger partial charge in [0.2, 0.25) is 0 Å². The third kappa shape index (κ3) is 6.47. The number of carboxylic acid groups (broad SMARTS) is 1. The summed E-state index contributed by atoms with van der Waals surface area (Å²) in [6.07, 6.45) is 0. The van der Waals surface area contributed by atoms with Gasteiger partial charge in [0, 0.05) is 40.4 Å². The van der Waals surface area contributed by atoms with Crippen molar-refractivity contribution in [3.05, 3.63) is 70.7 Å². The molecule has 0 spiro atoms. The highest BCUT2D eigenvalue weighted by Crippen LogP contribution is 2.30. The highest BCUT2D eigenvalue weighted by molar-refractivity contribution is 6.30. The molecule has 1 aliphatic heterocycles. The van der Waals surface area contributed by atoms with Crippen LogP contribution in [-0.2, 0) is 9.53 Å². The van der Waals surface area contributed by atoms with Crippen molar-refractivity contribution in [2.24, 2.45) is 0 Å². The molecule has 5 nitrogen and oxygen atoms in total. The van der Waals surface area contributed by atoms with Crippen LogP contribution in [0.1, 0.15) is 22.7 Å². The Morgan fingerprint density at radius 2 is 1.68 bits per heavy atom. The lowest BCUT2D eigenvalue weighted by molar-refractivity contribution is -0.142. The van der Waals surface area contributed by atoms with E-state index in [1.807, 2.05) is 54.6 Å². The quantitative estimate of drug-likeness (QED) is 0.696. The zero-order valence-corrected chi connectivity index (χ0v) is 16.8. The lowest BCUT2D eigenvalue weighted by Crippen LogP contribution is -2.48. The minimum atomic E-state index is -2.76. The fourth-order valence-corrected chi connectivity index (χ4v) is 3.31. The van der Waals surface area contributed by atoms with Crippen LogP contribution in [-0.4, -0.2) is 66.7 Å². The first-order chi connectivity index (χ1) is 14.6. The largest absolute Gasteiger partial charge is 0.480 e. The fraction of sp³-hybridized carbons (Fsp3) is 0.381. The molecule has 2 aromatic rings. The van der Waals surface area contributed by atoms with Crippen LogP contribution in [0.25, 0.3) is 0 Å². The Labute approximate surface area is 182 Å². The average Bonchev–Trinajstić information content (AvgIpc) is 2.75. The monoisotopic (exact) mass is 428 g/mol. The fourth-order valence-electron chi connectivity index (χ4n) is 3.18. The first-order valence-electron chi connectivity index (χ1n) is 10.8. The Morgan fingerprint density at radius 3 is 2.29 bits per heavy atom. The van der Waals surface area contributed by atoms with Crippen molar-refractivity contribution in [3.8, 4) is 0 Å². The van der Waals surface area contributed by atoms with Crippen molar-refractivity contribution in [1.29, 1.82) is 0 Å². The van der Waals surface area contributed by atoms with E-state index in [0.717, 1.165) is 11.1 Å². The molecular formula is C21H26Cl2N2O3. The maximum absolute atomic E-state index is 10.7. The van der Waals surface area contributed by atoms with Crippen molar-refractivity contribution in [1.82, 2.24) is 9.80 Å². The maximum Gasteiger partial charge on any atom is 0.329 e. The topological polar surface area (TPSA) is 53.0 Å². The molecule has 0 aromatic heterocycles. The van der Waals surface area contributed by atoms with Gasteiger partial charge in [0.15, 0.2) is 0 Å². The number of halogens is 2. The van der Waals surface area contributed by atoms with Crippen LogP contribution in [0.2, 0.25) is 5.02 Å². The Kier molecular flexibility index (Phi) is 7.02. The highest BCUT2D eigenvalue weighted by atomic mass is 35.5. The molecule has 152 valence electrons. The van der Waals surface area contributed by atoms with Gasteiger partial charge in [0.25, 0.3) is 0 Å². The number of nitrogens with zero attached hydrogens (tertiary/aromatic N) is 2. The molecule has 2 aromatic carbocycles. The van der Waals surface area contributed by atoms with E-state index in [-0.39, 0.29) is 31.5 Å². The SMILES string of the molecule is Cl.[2H]C([2H])(OCC(=O)O)C([2H])([2H])N1CCN(C(c2ccccc2)c2ccc(Cl)cc2)CC1. The molecule has 1 aliphatic rings. The van der Waals surface area contributed by atoms with Crippen molar-refractivity contribution >= 4 is 30.0 Å². The van der Waals surface area contributed by atoms with Gasteiger partial charge in [-0.3, -0.25) is 9.80 Å². The number of rotatable bonds is 8. The van der Waals surface area contributed by atoms with Crippen molar-refractivity contribution in [3.63, 3.8) is 0 Å². The summed E-state index contributed by atoms with van der Waals surface area (Å²) in [5.74, 6) is -1.35. The minimum absolute atomic E-state index is 0. The molecule has 0 amide bonds. The van der Waals surface area contributed by atoms with Crippen LogP contribution < -0.4 is 0 Å². The number of hydrogen-bond acceptors (Lipinski definition) is 4. The number of carbonyl (C=O) groups is 1.